The standard InChI is InChI=1S/C14H23N3O4S/c18-13-6-9-17(14(19)16-13)10-8-15-22(20,21)11-7-12-4-2-1-3-5-12/h6,9,12,15H,1-5,7-8,10-11H2,(H,16,18,19). The molecule has 0 amide bonds. The molecule has 124 valence electrons. The highest BCUT2D eigenvalue weighted by molar-refractivity contribution is 7.89. The van der Waals surface area contributed by atoms with E-state index in [9.17, 15) is 18.0 Å². The Bertz CT molecular complexity index is 687. The third-order valence-electron chi connectivity index (χ3n) is 4.09. The van der Waals surface area contributed by atoms with Crippen LogP contribution in [-0.4, -0.2) is 30.3 Å². The summed E-state index contributed by atoms with van der Waals surface area (Å²) in [7, 11) is -3.31. The van der Waals surface area contributed by atoms with Gasteiger partial charge in [0.15, 0.2) is 0 Å². The van der Waals surface area contributed by atoms with Crippen LogP contribution in [0.4, 0.5) is 0 Å². The minimum atomic E-state index is -3.31. The molecule has 0 atom stereocenters. The second-order valence-corrected chi connectivity index (χ2v) is 7.74. The van der Waals surface area contributed by atoms with E-state index in [1.165, 1.54) is 36.1 Å². The molecule has 1 fully saturated rings. The van der Waals surface area contributed by atoms with Crippen LogP contribution in [0.15, 0.2) is 21.9 Å². The summed E-state index contributed by atoms with van der Waals surface area (Å²) in [5, 5.41) is 0. The van der Waals surface area contributed by atoms with E-state index in [0.717, 1.165) is 12.8 Å². The lowest BCUT2D eigenvalue weighted by atomic mass is 9.88. The zero-order chi connectivity index (χ0) is 16.0. The average molecular weight is 329 g/mol. The predicted molar refractivity (Wildman–Crippen MR) is 84.3 cm³/mol. The molecule has 7 nitrogen and oxygen atoms in total. The van der Waals surface area contributed by atoms with Gasteiger partial charge in [0.05, 0.1) is 5.75 Å². The fraction of sp³-hybridized carbons (Fsp3) is 0.714. The molecule has 2 rings (SSSR count). The summed E-state index contributed by atoms with van der Waals surface area (Å²) in [6.45, 7) is 0.331. The number of aromatic nitrogens is 2. The Balaban J connectivity index is 1.77. The topological polar surface area (TPSA) is 101 Å². The van der Waals surface area contributed by atoms with E-state index in [4.69, 9.17) is 0 Å². The number of nitrogens with zero attached hydrogens (tertiary/aromatic N) is 1. The van der Waals surface area contributed by atoms with Gasteiger partial charge in [-0.05, 0) is 12.3 Å². The van der Waals surface area contributed by atoms with E-state index in [0.29, 0.717) is 12.3 Å². The lowest BCUT2D eigenvalue weighted by Crippen LogP contribution is -2.35. The van der Waals surface area contributed by atoms with E-state index < -0.39 is 21.3 Å². The molecular weight excluding hydrogens is 306 g/mol. The van der Waals surface area contributed by atoms with Crippen molar-refractivity contribution in [2.24, 2.45) is 5.92 Å². The molecule has 0 aromatic carbocycles. The van der Waals surface area contributed by atoms with Crippen LogP contribution in [0.25, 0.3) is 0 Å². The summed E-state index contributed by atoms with van der Waals surface area (Å²) in [4.78, 5) is 24.5. The second kappa shape index (κ2) is 7.73. The lowest BCUT2D eigenvalue weighted by molar-refractivity contribution is 0.349. The van der Waals surface area contributed by atoms with Crippen molar-refractivity contribution in [3.8, 4) is 0 Å². The molecule has 0 aliphatic heterocycles. The first kappa shape index (κ1) is 17.0. The van der Waals surface area contributed by atoms with Crippen LogP contribution in [0.1, 0.15) is 38.5 Å². The van der Waals surface area contributed by atoms with Crippen molar-refractivity contribution in [3.05, 3.63) is 33.1 Å². The van der Waals surface area contributed by atoms with Crippen LogP contribution in [0.3, 0.4) is 0 Å². The summed E-state index contributed by atoms with van der Waals surface area (Å²) in [6.07, 6.45) is 7.98. The third kappa shape index (κ3) is 5.42. The van der Waals surface area contributed by atoms with Crippen molar-refractivity contribution in [2.75, 3.05) is 12.3 Å². The lowest BCUT2D eigenvalue weighted by Gasteiger charge is -2.21. The van der Waals surface area contributed by atoms with Crippen LogP contribution in [0.5, 0.6) is 0 Å². The Kier molecular flexibility index (Phi) is 5.96. The highest BCUT2D eigenvalue weighted by Gasteiger charge is 2.17. The molecule has 2 N–H and O–H groups in total. The van der Waals surface area contributed by atoms with Gasteiger partial charge in [0, 0.05) is 25.4 Å². The van der Waals surface area contributed by atoms with E-state index in [1.807, 2.05) is 0 Å². The van der Waals surface area contributed by atoms with Gasteiger partial charge in [-0.2, -0.15) is 0 Å². The molecule has 1 aromatic heterocycles. The third-order valence-corrected chi connectivity index (χ3v) is 5.51. The first-order valence-corrected chi connectivity index (χ1v) is 9.38. The molecule has 0 radical (unpaired) electrons. The summed E-state index contributed by atoms with van der Waals surface area (Å²) in [6, 6.07) is 1.24. The van der Waals surface area contributed by atoms with E-state index in [1.54, 1.807) is 0 Å². The molecule has 1 saturated carbocycles. The molecule has 8 heteroatoms. The van der Waals surface area contributed by atoms with Crippen molar-refractivity contribution in [1.82, 2.24) is 14.3 Å². The minimum Gasteiger partial charge on any atom is -0.299 e. The van der Waals surface area contributed by atoms with Gasteiger partial charge in [0.1, 0.15) is 0 Å². The molecule has 1 aliphatic carbocycles. The molecule has 1 aliphatic rings. The molecule has 0 saturated heterocycles. The molecule has 0 spiro atoms. The van der Waals surface area contributed by atoms with Crippen LogP contribution in [0, 0.1) is 5.92 Å². The van der Waals surface area contributed by atoms with Gasteiger partial charge < -0.3 is 0 Å². The minimum absolute atomic E-state index is 0.137. The average Bonchev–Trinajstić information content (AvgIpc) is 2.49. The quantitative estimate of drug-likeness (QED) is 0.757. The predicted octanol–water partition coefficient (Wildman–Crippen LogP) is 0.426. The van der Waals surface area contributed by atoms with E-state index in [2.05, 4.69) is 9.71 Å². The number of nitrogens with one attached hydrogen (secondary N) is 2. The Morgan fingerprint density at radius 1 is 1.23 bits per heavy atom. The smallest absolute Gasteiger partial charge is 0.299 e. The highest BCUT2D eigenvalue weighted by Crippen LogP contribution is 2.26. The normalized spacial score (nSPS) is 16.7. The van der Waals surface area contributed by atoms with Gasteiger partial charge >= 0.3 is 5.69 Å². The first-order chi connectivity index (χ1) is 10.5. The number of H-pyrrole nitrogens is 1. The van der Waals surface area contributed by atoms with Crippen molar-refractivity contribution in [1.29, 1.82) is 0 Å². The summed E-state index contributed by atoms with van der Waals surface area (Å²) in [5.41, 5.74) is -0.997. The maximum absolute atomic E-state index is 11.9. The van der Waals surface area contributed by atoms with Crippen molar-refractivity contribution in [2.45, 2.75) is 45.1 Å². The number of rotatable bonds is 7. The zero-order valence-corrected chi connectivity index (χ0v) is 13.4. The molecule has 0 bridgehead atoms. The largest absolute Gasteiger partial charge is 0.328 e. The maximum Gasteiger partial charge on any atom is 0.328 e. The molecule has 0 unspecified atom stereocenters. The number of sulfonamides is 1. The molecule has 1 heterocycles. The number of aromatic amines is 1. The maximum atomic E-state index is 11.9. The monoisotopic (exact) mass is 329 g/mol. The van der Waals surface area contributed by atoms with Gasteiger partial charge in [-0.15, -0.1) is 0 Å². The number of hydrogen-bond donors (Lipinski definition) is 2. The zero-order valence-electron chi connectivity index (χ0n) is 12.6. The Morgan fingerprint density at radius 3 is 2.64 bits per heavy atom. The van der Waals surface area contributed by atoms with Crippen molar-refractivity contribution < 1.29 is 8.42 Å². The molecule has 22 heavy (non-hydrogen) atoms. The summed E-state index contributed by atoms with van der Waals surface area (Å²) >= 11 is 0. The van der Waals surface area contributed by atoms with Gasteiger partial charge in [-0.3, -0.25) is 14.3 Å². The fourth-order valence-corrected chi connectivity index (χ4v) is 4.00. The second-order valence-electron chi connectivity index (χ2n) is 5.81. The van der Waals surface area contributed by atoms with Crippen LogP contribution in [0.2, 0.25) is 0 Å². The van der Waals surface area contributed by atoms with Gasteiger partial charge in [-0.25, -0.2) is 17.9 Å². The van der Waals surface area contributed by atoms with Crippen LogP contribution >= 0.6 is 0 Å². The first-order valence-electron chi connectivity index (χ1n) is 7.73. The Labute approximate surface area is 129 Å². The summed E-state index contributed by atoms with van der Waals surface area (Å²) in [5.74, 6) is 0.658. The van der Waals surface area contributed by atoms with Crippen molar-refractivity contribution in [3.63, 3.8) is 0 Å². The van der Waals surface area contributed by atoms with Crippen LogP contribution < -0.4 is 16.0 Å². The van der Waals surface area contributed by atoms with Crippen LogP contribution in [-0.2, 0) is 16.6 Å². The fourth-order valence-electron chi connectivity index (χ4n) is 2.81. The summed E-state index contributed by atoms with van der Waals surface area (Å²) < 4.78 is 27.7. The number of hydrogen-bond acceptors (Lipinski definition) is 4. The van der Waals surface area contributed by atoms with Crippen molar-refractivity contribution >= 4 is 10.0 Å². The Morgan fingerprint density at radius 2 is 1.95 bits per heavy atom. The SMILES string of the molecule is O=c1ccn(CCNS(=O)(=O)CCC2CCCCC2)c(=O)[nH]1. The Hall–Kier alpha value is -1.41. The molecule has 1 aromatic rings. The van der Waals surface area contributed by atoms with Gasteiger partial charge in [-0.1, -0.05) is 32.1 Å². The highest BCUT2D eigenvalue weighted by atomic mass is 32.2. The van der Waals surface area contributed by atoms with Gasteiger partial charge in [0.25, 0.3) is 5.56 Å². The molecular formula is C14H23N3O4S. The van der Waals surface area contributed by atoms with E-state index in [-0.39, 0.29) is 18.8 Å². The van der Waals surface area contributed by atoms with Gasteiger partial charge in [0.2, 0.25) is 10.0 Å². The van der Waals surface area contributed by atoms with E-state index >= 15 is 0 Å².